The fourth-order valence-electron chi connectivity index (χ4n) is 2.55. The Balaban J connectivity index is 2.64. The fourth-order valence-corrected chi connectivity index (χ4v) is 2.55. The van der Waals surface area contributed by atoms with Gasteiger partial charge in [0.2, 0.25) is 0 Å². The number of carboxylic acid groups (broad SMARTS) is 1. The number of benzene rings is 1. The molecule has 2 N–H and O–H groups in total. The summed E-state index contributed by atoms with van der Waals surface area (Å²) in [6, 6.07) is 7.63. The second-order valence-electron chi connectivity index (χ2n) is 6.80. The Morgan fingerprint density at radius 3 is 2.29 bits per heavy atom. The van der Waals surface area contributed by atoms with Gasteiger partial charge in [-0.2, -0.15) is 0 Å². The summed E-state index contributed by atoms with van der Waals surface area (Å²) in [5, 5.41) is 11.7. The molecule has 0 saturated heterocycles. The quantitative estimate of drug-likeness (QED) is 0.689. The van der Waals surface area contributed by atoms with E-state index >= 15 is 0 Å². The monoisotopic (exact) mass is 334 g/mol. The van der Waals surface area contributed by atoms with Gasteiger partial charge in [-0.3, -0.25) is 14.5 Å². The third-order valence-corrected chi connectivity index (χ3v) is 4.03. The molecule has 0 aliphatic carbocycles. The molecular formula is C19H30N2O3. The van der Waals surface area contributed by atoms with Crippen molar-refractivity contribution in [1.29, 1.82) is 0 Å². The Morgan fingerprint density at radius 2 is 1.79 bits per heavy atom. The first-order valence-corrected chi connectivity index (χ1v) is 8.63. The number of carbonyl (C=O) groups excluding carboxylic acids is 1. The van der Waals surface area contributed by atoms with Gasteiger partial charge in [0, 0.05) is 24.1 Å². The Bertz CT molecular complexity index is 538. The summed E-state index contributed by atoms with van der Waals surface area (Å²) >= 11 is 0. The van der Waals surface area contributed by atoms with Gasteiger partial charge in [-0.1, -0.05) is 26.0 Å². The van der Waals surface area contributed by atoms with E-state index in [0.29, 0.717) is 12.0 Å². The Kier molecular flexibility index (Phi) is 7.92. The van der Waals surface area contributed by atoms with E-state index in [4.69, 9.17) is 5.11 Å². The number of aliphatic carboxylic acids is 1. The molecule has 0 aromatic heterocycles. The maximum atomic E-state index is 12.3. The van der Waals surface area contributed by atoms with Gasteiger partial charge in [-0.05, 0) is 57.5 Å². The highest BCUT2D eigenvalue weighted by Gasteiger charge is 2.22. The molecule has 1 aromatic rings. The van der Waals surface area contributed by atoms with Crippen LogP contribution in [0.4, 0.5) is 0 Å². The molecule has 0 aliphatic rings. The minimum atomic E-state index is -0.853. The minimum Gasteiger partial charge on any atom is -0.481 e. The minimum absolute atomic E-state index is 0.0382. The maximum Gasteiger partial charge on any atom is 0.303 e. The zero-order chi connectivity index (χ0) is 18.2. The van der Waals surface area contributed by atoms with Crippen LogP contribution in [0, 0.1) is 0 Å². The fraction of sp³-hybridized carbons (Fsp3) is 0.579. The standard InChI is InChI=1S/C19H30N2O3/c1-5-13-21(6-2)14-15-7-9-16(10-8-15)18(24)20-19(3,4)12-11-17(22)23/h7-10H,5-6,11-14H2,1-4H3,(H,20,24)(H,22,23). The third-order valence-electron chi connectivity index (χ3n) is 4.03. The van der Waals surface area contributed by atoms with Crippen LogP contribution in [0.5, 0.6) is 0 Å². The van der Waals surface area contributed by atoms with Crippen LogP contribution < -0.4 is 5.32 Å². The van der Waals surface area contributed by atoms with E-state index in [1.165, 1.54) is 5.56 Å². The highest BCUT2D eigenvalue weighted by molar-refractivity contribution is 5.94. The van der Waals surface area contributed by atoms with E-state index in [2.05, 4.69) is 24.1 Å². The molecule has 0 spiro atoms. The third kappa shape index (κ3) is 7.13. The van der Waals surface area contributed by atoms with E-state index in [0.717, 1.165) is 26.1 Å². The number of hydrogen-bond acceptors (Lipinski definition) is 3. The molecule has 5 heteroatoms. The van der Waals surface area contributed by atoms with Gasteiger partial charge in [-0.15, -0.1) is 0 Å². The van der Waals surface area contributed by atoms with E-state index in [1.807, 2.05) is 38.1 Å². The van der Waals surface area contributed by atoms with Crippen LogP contribution in [0.25, 0.3) is 0 Å². The first-order chi connectivity index (χ1) is 11.3. The molecule has 134 valence electrons. The Hall–Kier alpha value is -1.88. The second-order valence-corrected chi connectivity index (χ2v) is 6.80. The van der Waals surface area contributed by atoms with Gasteiger partial charge in [0.15, 0.2) is 0 Å². The number of amides is 1. The second kappa shape index (κ2) is 9.42. The molecular weight excluding hydrogens is 304 g/mol. The zero-order valence-corrected chi connectivity index (χ0v) is 15.3. The molecule has 0 atom stereocenters. The lowest BCUT2D eigenvalue weighted by atomic mass is 9.97. The average Bonchev–Trinajstić information content (AvgIpc) is 2.53. The van der Waals surface area contributed by atoms with Gasteiger partial charge in [-0.25, -0.2) is 0 Å². The first kappa shape index (κ1) is 20.2. The zero-order valence-electron chi connectivity index (χ0n) is 15.3. The molecule has 0 aliphatic heterocycles. The van der Waals surface area contributed by atoms with Crippen molar-refractivity contribution in [2.24, 2.45) is 0 Å². The van der Waals surface area contributed by atoms with Crippen LogP contribution in [-0.4, -0.2) is 40.5 Å². The first-order valence-electron chi connectivity index (χ1n) is 8.63. The van der Waals surface area contributed by atoms with Gasteiger partial charge in [0.1, 0.15) is 0 Å². The SMILES string of the molecule is CCCN(CC)Cc1ccc(C(=O)NC(C)(C)CCC(=O)O)cc1. The molecule has 1 rings (SSSR count). The van der Waals surface area contributed by atoms with Gasteiger partial charge in [0.05, 0.1) is 0 Å². The van der Waals surface area contributed by atoms with Crippen LogP contribution in [-0.2, 0) is 11.3 Å². The van der Waals surface area contributed by atoms with Crippen molar-refractivity contribution < 1.29 is 14.7 Å². The van der Waals surface area contributed by atoms with Crippen molar-refractivity contribution in [1.82, 2.24) is 10.2 Å². The summed E-state index contributed by atoms with van der Waals surface area (Å²) in [5.74, 6) is -1.02. The Morgan fingerprint density at radius 1 is 1.17 bits per heavy atom. The lowest BCUT2D eigenvalue weighted by Gasteiger charge is -2.25. The summed E-state index contributed by atoms with van der Waals surface area (Å²) in [4.78, 5) is 25.4. The van der Waals surface area contributed by atoms with Crippen molar-refractivity contribution in [3.8, 4) is 0 Å². The summed E-state index contributed by atoms with van der Waals surface area (Å²) < 4.78 is 0. The van der Waals surface area contributed by atoms with Crippen molar-refractivity contribution in [2.45, 2.75) is 59.0 Å². The summed E-state index contributed by atoms with van der Waals surface area (Å²) in [7, 11) is 0. The lowest BCUT2D eigenvalue weighted by Crippen LogP contribution is -2.43. The molecule has 24 heavy (non-hydrogen) atoms. The van der Waals surface area contributed by atoms with Crippen LogP contribution >= 0.6 is 0 Å². The Labute approximate surface area is 145 Å². The predicted molar refractivity (Wildman–Crippen MR) is 96.1 cm³/mol. The number of nitrogens with zero attached hydrogens (tertiary/aromatic N) is 1. The van der Waals surface area contributed by atoms with Crippen molar-refractivity contribution in [3.05, 3.63) is 35.4 Å². The largest absolute Gasteiger partial charge is 0.481 e. The van der Waals surface area contributed by atoms with E-state index in [-0.39, 0.29) is 12.3 Å². The van der Waals surface area contributed by atoms with Gasteiger partial charge in [0.25, 0.3) is 5.91 Å². The molecule has 0 heterocycles. The molecule has 0 fully saturated rings. The number of carboxylic acids is 1. The maximum absolute atomic E-state index is 12.3. The van der Waals surface area contributed by atoms with Gasteiger partial charge < -0.3 is 10.4 Å². The van der Waals surface area contributed by atoms with Crippen molar-refractivity contribution in [2.75, 3.05) is 13.1 Å². The van der Waals surface area contributed by atoms with E-state index in [9.17, 15) is 9.59 Å². The van der Waals surface area contributed by atoms with Crippen molar-refractivity contribution >= 4 is 11.9 Å². The van der Waals surface area contributed by atoms with Crippen LogP contribution in [0.3, 0.4) is 0 Å². The molecule has 0 unspecified atom stereocenters. The summed E-state index contributed by atoms with van der Waals surface area (Å²) in [6.45, 7) is 11.0. The van der Waals surface area contributed by atoms with Crippen LogP contribution in [0.15, 0.2) is 24.3 Å². The smallest absolute Gasteiger partial charge is 0.303 e. The molecule has 1 amide bonds. The van der Waals surface area contributed by atoms with E-state index < -0.39 is 11.5 Å². The van der Waals surface area contributed by atoms with Crippen LogP contribution in [0.1, 0.15) is 62.9 Å². The number of carbonyl (C=O) groups is 2. The number of nitrogens with one attached hydrogen (secondary N) is 1. The molecule has 5 nitrogen and oxygen atoms in total. The molecule has 0 radical (unpaired) electrons. The molecule has 1 aromatic carbocycles. The molecule has 0 bridgehead atoms. The van der Waals surface area contributed by atoms with E-state index in [1.54, 1.807) is 0 Å². The normalized spacial score (nSPS) is 11.5. The lowest BCUT2D eigenvalue weighted by molar-refractivity contribution is -0.137. The molecule has 0 saturated carbocycles. The number of hydrogen-bond donors (Lipinski definition) is 2. The van der Waals surface area contributed by atoms with Crippen LogP contribution in [0.2, 0.25) is 0 Å². The predicted octanol–water partition coefficient (Wildman–Crippen LogP) is 3.29. The highest BCUT2D eigenvalue weighted by atomic mass is 16.4. The van der Waals surface area contributed by atoms with Gasteiger partial charge >= 0.3 is 5.97 Å². The average molecular weight is 334 g/mol. The summed E-state index contributed by atoms with van der Waals surface area (Å²) in [6.07, 6.45) is 1.56. The number of rotatable bonds is 10. The van der Waals surface area contributed by atoms with Crippen molar-refractivity contribution in [3.63, 3.8) is 0 Å². The highest BCUT2D eigenvalue weighted by Crippen LogP contribution is 2.14. The topological polar surface area (TPSA) is 69.6 Å². The summed E-state index contributed by atoms with van der Waals surface area (Å²) in [5.41, 5.74) is 1.24.